The normalized spacial score (nSPS) is 10.6. The number of ketones is 1. The summed E-state index contributed by atoms with van der Waals surface area (Å²) in [7, 11) is 1.87. The molecule has 0 atom stereocenters. The van der Waals surface area contributed by atoms with Crippen molar-refractivity contribution in [1.82, 2.24) is 14.5 Å². The number of nitrogen functional groups attached to an aromatic ring is 1. The Kier molecular flexibility index (Phi) is 3.00. The second-order valence-corrected chi connectivity index (χ2v) is 4.41. The number of anilines is 1. The first-order chi connectivity index (χ1) is 7.65. The van der Waals surface area contributed by atoms with Gasteiger partial charge < -0.3 is 10.3 Å². The Balaban J connectivity index is 1.97. The predicted octanol–water partition coefficient (Wildman–Crippen LogP) is 0.813. The van der Waals surface area contributed by atoms with Crippen molar-refractivity contribution < 1.29 is 4.79 Å². The number of Topliss-reactive ketones (excluding diaryl/α,β-unsaturated/α-hetero) is 1. The highest BCUT2D eigenvalue weighted by atomic mass is 32.1. The summed E-state index contributed by atoms with van der Waals surface area (Å²) in [6.07, 6.45) is 4.16. The fourth-order valence-electron chi connectivity index (χ4n) is 1.41. The van der Waals surface area contributed by atoms with Crippen molar-refractivity contribution in [2.24, 2.45) is 7.05 Å². The molecule has 0 bridgehead atoms. The van der Waals surface area contributed by atoms with E-state index in [9.17, 15) is 4.79 Å². The lowest BCUT2D eigenvalue weighted by Gasteiger charge is -1.99. The number of aryl methyl sites for hydroxylation is 1. The molecule has 0 aliphatic rings. The second-order valence-electron chi connectivity index (χ2n) is 3.52. The van der Waals surface area contributed by atoms with Crippen molar-refractivity contribution in [1.29, 1.82) is 0 Å². The quantitative estimate of drug-likeness (QED) is 0.852. The molecule has 0 fully saturated rings. The zero-order valence-electron chi connectivity index (χ0n) is 8.88. The molecule has 5 nitrogen and oxygen atoms in total. The minimum atomic E-state index is 0.0969. The lowest BCUT2D eigenvalue weighted by Crippen LogP contribution is -2.10. The molecular formula is C10H12N4OS. The monoisotopic (exact) mass is 236 g/mol. The van der Waals surface area contributed by atoms with E-state index in [1.165, 1.54) is 11.3 Å². The Morgan fingerprint density at radius 2 is 2.38 bits per heavy atom. The van der Waals surface area contributed by atoms with Crippen LogP contribution in [0.2, 0.25) is 0 Å². The zero-order valence-corrected chi connectivity index (χ0v) is 9.70. The van der Waals surface area contributed by atoms with E-state index >= 15 is 0 Å². The molecule has 0 saturated heterocycles. The molecule has 0 radical (unpaired) electrons. The van der Waals surface area contributed by atoms with Gasteiger partial charge in [0, 0.05) is 24.8 Å². The average Bonchev–Trinajstić information content (AvgIpc) is 2.77. The number of hydrogen-bond donors (Lipinski definition) is 1. The van der Waals surface area contributed by atoms with E-state index in [2.05, 4.69) is 9.97 Å². The third-order valence-corrected chi connectivity index (χ3v) is 2.95. The minimum Gasteiger partial charge on any atom is -0.375 e. The largest absolute Gasteiger partial charge is 0.375 e. The minimum absolute atomic E-state index is 0.0969. The van der Waals surface area contributed by atoms with Gasteiger partial charge in [0.25, 0.3) is 0 Å². The summed E-state index contributed by atoms with van der Waals surface area (Å²) in [4.78, 5) is 19.9. The Bertz CT molecular complexity index is 502. The SMILES string of the molecule is Cn1ccnc1CC(=O)Cc1csc(N)n1. The van der Waals surface area contributed by atoms with Gasteiger partial charge in [-0.25, -0.2) is 9.97 Å². The molecule has 0 aliphatic carbocycles. The van der Waals surface area contributed by atoms with Crippen molar-refractivity contribution in [3.8, 4) is 0 Å². The maximum atomic E-state index is 11.7. The average molecular weight is 236 g/mol. The Morgan fingerprint density at radius 3 is 2.94 bits per heavy atom. The summed E-state index contributed by atoms with van der Waals surface area (Å²) in [6, 6.07) is 0. The van der Waals surface area contributed by atoms with Crippen LogP contribution in [0.5, 0.6) is 0 Å². The lowest BCUT2D eigenvalue weighted by molar-refractivity contribution is -0.118. The number of imidazole rings is 1. The highest BCUT2D eigenvalue weighted by molar-refractivity contribution is 7.13. The van der Waals surface area contributed by atoms with Gasteiger partial charge in [0.2, 0.25) is 0 Å². The van der Waals surface area contributed by atoms with Crippen molar-refractivity contribution in [3.63, 3.8) is 0 Å². The first kappa shape index (κ1) is 10.8. The van der Waals surface area contributed by atoms with Crippen LogP contribution in [0, 0.1) is 0 Å². The summed E-state index contributed by atoms with van der Waals surface area (Å²) < 4.78 is 1.84. The summed E-state index contributed by atoms with van der Waals surface area (Å²) in [5, 5.41) is 2.31. The van der Waals surface area contributed by atoms with E-state index < -0.39 is 0 Å². The highest BCUT2D eigenvalue weighted by Gasteiger charge is 2.10. The van der Waals surface area contributed by atoms with E-state index in [1.54, 1.807) is 6.20 Å². The van der Waals surface area contributed by atoms with Gasteiger partial charge in [-0.2, -0.15) is 0 Å². The Morgan fingerprint density at radius 1 is 1.56 bits per heavy atom. The second kappa shape index (κ2) is 4.44. The van der Waals surface area contributed by atoms with E-state index in [4.69, 9.17) is 5.73 Å². The molecule has 0 amide bonds. The number of thiazole rings is 1. The number of carbonyl (C=O) groups is 1. The van der Waals surface area contributed by atoms with Crippen LogP contribution in [0.25, 0.3) is 0 Å². The van der Waals surface area contributed by atoms with Gasteiger partial charge in [0.15, 0.2) is 5.13 Å². The number of rotatable bonds is 4. The molecule has 2 heterocycles. The molecule has 0 spiro atoms. The van der Waals surface area contributed by atoms with Gasteiger partial charge in [-0.15, -0.1) is 11.3 Å². The van der Waals surface area contributed by atoms with Crippen LogP contribution in [0.4, 0.5) is 5.13 Å². The molecule has 2 N–H and O–H groups in total. The molecular weight excluding hydrogens is 224 g/mol. The molecule has 16 heavy (non-hydrogen) atoms. The first-order valence-corrected chi connectivity index (χ1v) is 5.71. The van der Waals surface area contributed by atoms with Gasteiger partial charge in [0.05, 0.1) is 18.5 Å². The number of carbonyl (C=O) groups excluding carboxylic acids is 1. The number of nitrogens with zero attached hydrogens (tertiary/aromatic N) is 3. The smallest absolute Gasteiger partial charge is 0.180 e. The van der Waals surface area contributed by atoms with E-state index in [-0.39, 0.29) is 5.78 Å². The number of nitrogens with two attached hydrogens (primary N) is 1. The third kappa shape index (κ3) is 2.46. The molecule has 2 aromatic rings. The third-order valence-electron chi connectivity index (χ3n) is 2.22. The van der Waals surface area contributed by atoms with Gasteiger partial charge in [-0.1, -0.05) is 0 Å². The van der Waals surface area contributed by atoms with Crippen LogP contribution in [0.1, 0.15) is 11.5 Å². The fraction of sp³-hybridized carbons (Fsp3) is 0.300. The maximum Gasteiger partial charge on any atom is 0.180 e. The van der Waals surface area contributed by atoms with Gasteiger partial charge >= 0.3 is 0 Å². The van der Waals surface area contributed by atoms with Crippen molar-refractivity contribution in [2.45, 2.75) is 12.8 Å². The van der Waals surface area contributed by atoms with Gasteiger partial charge in [-0.05, 0) is 0 Å². The Hall–Kier alpha value is -1.69. The molecule has 2 rings (SSSR count). The van der Waals surface area contributed by atoms with Crippen LogP contribution in [-0.4, -0.2) is 20.3 Å². The van der Waals surface area contributed by atoms with E-state index in [1.807, 2.05) is 23.2 Å². The summed E-state index contributed by atoms with van der Waals surface area (Å²) >= 11 is 1.35. The first-order valence-electron chi connectivity index (χ1n) is 4.83. The number of aromatic nitrogens is 3. The molecule has 0 aromatic carbocycles. The standard InChI is InChI=1S/C10H12N4OS/c1-14-3-2-12-9(14)5-8(15)4-7-6-16-10(11)13-7/h2-3,6H,4-5H2,1H3,(H2,11,13). The number of hydrogen-bond acceptors (Lipinski definition) is 5. The van der Waals surface area contributed by atoms with Crippen molar-refractivity contribution in [3.05, 3.63) is 29.3 Å². The summed E-state index contributed by atoms with van der Waals surface area (Å²) in [6.45, 7) is 0. The topological polar surface area (TPSA) is 73.8 Å². The maximum absolute atomic E-state index is 11.7. The molecule has 0 aliphatic heterocycles. The van der Waals surface area contributed by atoms with Crippen LogP contribution >= 0.6 is 11.3 Å². The van der Waals surface area contributed by atoms with Gasteiger partial charge in [-0.3, -0.25) is 4.79 Å². The Labute approximate surface area is 96.9 Å². The fourth-order valence-corrected chi connectivity index (χ4v) is 1.97. The predicted molar refractivity (Wildman–Crippen MR) is 62.1 cm³/mol. The van der Waals surface area contributed by atoms with E-state index in [0.717, 1.165) is 11.5 Å². The van der Waals surface area contributed by atoms with Crippen LogP contribution in [0.3, 0.4) is 0 Å². The molecule has 84 valence electrons. The highest BCUT2D eigenvalue weighted by Crippen LogP contribution is 2.12. The van der Waals surface area contributed by atoms with Crippen LogP contribution in [0.15, 0.2) is 17.8 Å². The van der Waals surface area contributed by atoms with Crippen LogP contribution < -0.4 is 5.73 Å². The zero-order chi connectivity index (χ0) is 11.5. The molecule has 0 saturated carbocycles. The van der Waals surface area contributed by atoms with E-state index in [0.29, 0.717) is 18.0 Å². The van der Waals surface area contributed by atoms with Crippen LogP contribution in [-0.2, 0) is 24.7 Å². The van der Waals surface area contributed by atoms with Gasteiger partial charge in [0.1, 0.15) is 11.6 Å². The summed E-state index contributed by atoms with van der Waals surface area (Å²) in [5.74, 6) is 0.868. The lowest BCUT2D eigenvalue weighted by atomic mass is 10.2. The molecule has 2 aromatic heterocycles. The molecule has 6 heteroatoms. The van der Waals surface area contributed by atoms with Crippen molar-refractivity contribution >= 4 is 22.3 Å². The summed E-state index contributed by atoms with van der Waals surface area (Å²) in [5.41, 5.74) is 6.23. The molecule has 0 unspecified atom stereocenters. The van der Waals surface area contributed by atoms with Crippen molar-refractivity contribution in [2.75, 3.05) is 5.73 Å².